The molecule has 2 aromatic carbocycles. The van der Waals surface area contributed by atoms with Crippen molar-refractivity contribution in [3.8, 4) is 34.3 Å². The van der Waals surface area contributed by atoms with Gasteiger partial charge in [-0.3, -0.25) is 4.90 Å². The summed E-state index contributed by atoms with van der Waals surface area (Å²) in [6.45, 7) is 4.83. The van der Waals surface area contributed by atoms with Crippen LogP contribution in [-0.2, 0) is 11.2 Å². The lowest BCUT2D eigenvalue weighted by Crippen LogP contribution is -2.37. The molecule has 8 heteroatoms. The van der Waals surface area contributed by atoms with Crippen molar-refractivity contribution in [3.63, 3.8) is 0 Å². The molecule has 3 aliphatic heterocycles. The number of fused-ring (bicyclic) bond motifs is 3. The number of aromatic nitrogens is 2. The van der Waals surface area contributed by atoms with E-state index in [2.05, 4.69) is 4.90 Å². The second kappa shape index (κ2) is 7.30. The van der Waals surface area contributed by atoms with Crippen LogP contribution < -0.4 is 18.9 Å². The molecule has 3 aliphatic rings. The number of morpholine rings is 1. The highest BCUT2D eigenvalue weighted by Crippen LogP contribution is 2.41. The third-order valence-corrected chi connectivity index (χ3v) is 5.64. The Hall–Kier alpha value is -3.10. The first-order valence-corrected chi connectivity index (χ1v) is 10.1. The summed E-state index contributed by atoms with van der Waals surface area (Å²) < 4.78 is 27.6. The predicted molar refractivity (Wildman–Crippen MR) is 108 cm³/mol. The van der Waals surface area contributed by atoms with Gasteiger partial charge in [0.15, 0.2) is 23.0 Å². The standard InChI is InChI=1S/C22H21N3O5/c1-2-17-18(28-12-27-17)9-14(1)22-15-10-19-20(30-13-29-19)11-16(15)23-21(24-22)3-4-25-5-7-26-8-6-25/h1-2,9-11H,3-8,12-13H2. The molecule has 0 unspecified atom stereocenters. The van der Waals surface area contributed by atoms with E-state index >= 15 is 0 Å². The topological polar surface area (TPSA) is 75.2 Å². The van der Waals surface area contributed by atoms with Gasteiger partial charge in [0.05, 0.1) is 24.4 Å². The van der Waals surface area contributed by atoms with Crippen LogP contribution in [0, 0.1) is 0 Å². The molecule has 0 atom stereocenters. The molecule has 0 saturated carbocycles. The van der Waals surface area contributed by atoms with Crippen LogP contribution in [0.25, 0.3) is 22.2 Å². The van der Waals surface area contributed by atoms with Crippen LogP contribution in [0.2, 0.25) is 0 Å². The minimum atomic E-state index is 0.225. The van der Waals surface area contributed by atoms with E-state index in [0.29, 0.717) is 5.75 Å². The molecule has 6 rings (SSSR count). The fourth-order valence-electron chi connectivity index (χ4n) is 4.03. The zero-order chi connectivity index (χ0) is 19.9. The van der Waals surface area contributed by atoms with Gasteiger partial charge in [0.1, 0.15) is 5.82 Å². The van der Waals surface area contributed by atoms with Crippen LogP contribution in [0.15, 0.2) is 30.3 Å². The normalized spacial score (nSPS) is 17.6. The molecule has 0 radical (unpaired) electrons. The highest BCUT2D eigenvalue weighted by atomic mass is 16.7. The Kier molecular flexibility index (Phi) is 4.32. The molecule has 154 valence electrons. The summed E-state index contributed by atoms with van der Waals surface area (Å²) in [7, 11) is 0. The van der Waals surface area contributed by atoms with E-state index in [1.807, 2.05) is 30.3 Å². The zero-order valence-electron chi connectivity index (χ0n) is 16.4. The van der Waals surface area contributed by atoms with Crippen molar-refractivity contribution in [1.29, 1.82) is 0 Å². The molecule has 1 saturated heterocycles. The smallest absolute Gasteiger partial charge is 0.231 e. The molecule has 0 N–H and O–H groups in total. The van der Waals surface area contributed by atoms with Crippen LogP contribution in [0.1, 0.15) is 5.82 Å². The third-order valence-electron chi connectivity index (χ3n) is 5.64. The van der Waals surface area contributed by atoms with Gasteiger partial charge < -0.3 is 23.7 Å². The summed E-state index contributed by atoms with van der Waals surface area (Å²) in [5.41, 5.74) is 2.66. The van der Waals surface area contributed by atoms with Gasteiger partial charge in [-0.25, -0.2) is 9.97 Å². The zero-order valence-corrected chi connectivity index (χ0v) is 16.4. The Balaban J connectivity index is 1.42. The SMILES string of the molecule is c1cc2c(cc1-c1nc(CCN3CCOCC3)nc3cc4c(cc13)OCO4)OCO2. The lowest BCUT2D eigenvalue weighted by Gasteiger charge is -2.26. The van der Waals surface area contributed by atoms with Gasteiger partial charge in [0.25, 0.3) is 0 Å². The first-order valence-electron chi connectivity index (χ1n) is 10.1. The maximum absolute atomic E-state index is 5.59. The molecule has 3 aromatic rings. The van der Waals surface area contributed by atoms with Gasteiger partial charge >= 0.3 is 0 Å². The van der Waals surface area contributed by atoms with Crippen LogP contribution in [0.3, 0.4) is 0 Å². The minimum Gasteiger partial charge on any atom is -0.454 e. The Morgan fingerprint density at radius 2 is 1.53 bits per heavy atom. The summed E-state index contributed by atoms with van der Waals surface area (Å²) in [5.74, 6) is 3.73. The van der Waals surface area contributed by atoms with Gasteiger partial charge in [-0.05, 0) is 24.3 Å². The molecule has 0 amide bonds. The first kappa shape index (κ1) is 17.7. The van der Waals surface area contributed by atoms with Crippen molar-refractivity contribution in [2.75, 3.05) is 46.4 Å². The summed E-state index contributed by atoms with van der Waals surface area (Å²) >= 11 is 0. The summed E-state index contributed by atoms with van der Waals surface area (Å²) in [4.78, 5) is 12.2. The molecular weight excluding hydrogens is 386 g/mol. The lowest BCUT2D eigenvalue weighted by molar-refractivity contribution is 0.0382. The van der Waals surface area contributed by atoms with Gasteiger partial charge in [0, 0.05) is 43.1 Å². The van der Waals surface area contributed by atoms with Gasteiger partial charge in [-0.2, -0.15) is 0 Å². The first-order chi connectivity index (χ1) is 14.8. The maximum Gasteiger partial charge on any atom is 0.231 e. The molecular formula is C22H21N3O5. The second-order valence-electron chi connectivity index (χ2n) is 7.48. The Bertz CT molecular complexity index is 1110. The fraction of sp³-hybridized carbons (Fsp3) is 0.364. The minimum absolute atomic E-state index is 0.225. The van der Waals surface area contributed by atoms with E-state index in [1.165, 1.54) is 0 Å². The third kappa shape index (κ3) is 3.18. The molecule has 8 nitrogen and oxygen atoms in total. The maximum atomic E-state index is 5.59. The summed E-state index contributed by atoms with van der Waals surface area (Å²) in [6.07, 6.45) is 0.766. The number of hydrogen-bond acceptors (Lipinski definition) is 8. The van der Waals surface area contributed by atoms with E-state index in [4.69, 9.17) is 33.7 Å². The monoisotopic (exact) mass is 407 g/mol. The molecule has 0 spiro atoms. The number of hydrogen-bond donors (Lipinski definition) is 0. The van der Waals surface area contributed by atoms with Gasteiger partial charge in [-0.1, -0.05) is 0 Å². The molecule has 0 aliphatic carbocycles. The highest BCUT2D eigenvalue weighted by molar-refractivity contribution is 5.95. The van der Waals surface area contributed by atoms with Gasteiger partial charge in [-0.15, -0.1) is 0 Å². The summed E-state index contributed by atoms with van der Waals surface area (Å²) in [6, 6.07) is 9.80. The summed E-state index contributed by atoms with van der Waals surface area (Å²) in [5, 5.41) is 0.924. The van der Waals surface area contributed by atoms with E-state index in [-0.39, 0.29) is 13.6 Å². The van der Waals surface area contributed by atoms with Crippen LogP contribution in [0.5, 0.6) is 23.0 Å². The predicted octanol–water partition coefficient (Wildman–Crippen LogP) is 2.63. The van der Waals surface area contributed by atoms with Crippen molar-refractivity contribution in [3.05, 3.63) is 36.2 Å². The Labute approximate surface area is 173 Å². The second-order valence-corrected chi connectivity index (χ2v) is 7.48. The van der Waals surface area contributed by atoms with Crippen molar-refractivity contribution in [2.24, 2.45) is 0 Å². The molecule has 1 fully saturated rings. The van der Waals surface area contributed by atoms with E-state index in [9.17, 15) is 0 Å². The van der Waals surface area contributed by atoms with Crippen LogP contribution >= 0.6 is 0 Å². The van der Waals surface area contributed by atoms with E-state index in [0.717, 1.165) is 84.5 Å². The Morgan fingerprint density at radius 3 is 2.37 bits per heavy atom. The van der Waals surface area contributed by atoms with Crippen LogP contribution in [-0.4, -0.2) is 61.3 Å². The van der Waals surface area contributed by atoms with Gasteiger partial charge in [0.2, 0.25) is 13.6 Å². The molecule has 30 heavy (non-hydrogen) atoms. The Morgan fingerprint density at radius 1 is 0.800 bits per heavy atom. The number of rotatable bonds is 4. The average Bonchev–Trinajstić information content (AvgIpc) is 3.44. The molecule has 4 heterocycles. The fourth-order valence-corrected chi connectivity index (χ4v) is 4.03. The van der Waals surface area contributed by atoms with E-state index in [1.54, 1.807) is 0 Å². The van der Waals surface area contributed by atoms with Crippen molar-refractivity contribution < 1.29 is 23.7 Å². The van der Waals surface area contributed by atoms with Crippen molar-refractivity contribution in [2.45, 2.75) is 6.42 Å². The number of nitrogens with zero attached hydrogens (tertiary/aromatic N) is 3. The molecule has 1 aromatic heterocycles. The number of benzene rings is 2. The average molecular weight is 407 g/mol. The lowest BCUT2D eigenvalue weighted by atomic mass is 10.0. The van der Waals surface area contributed by atoms with Crippen LogP contribution in [0.4, 0.5) is 0 Å². The number of ether oxygens (including phenoxy) is 5. The quantitative estimate of drug-likeness (QED) is 0.654. The largest absolute Gasteiger partial charge is 0.454 e. The van der Waals surface area contributed by atoms with E-state index < -0.39 is 0 Å². The van der Waals surface area contributed by atoms with Crippen molar-refractivity contribution in [1.82, 2.24) is 14.9 Å². The highest BCUT2D eigenvalue weighted by Gasteiger charge is 2.21. The molecule has 0 bridgehead atoms. The van der Waals surface area contributed by atoms with Crippen molar-refractivity contribution >= 4 is 10.9 Å².